The van der Waals surface area contributed by atoms with Gasteiger partial charge < -0.3 is 10.1 Å². The lowest BCUT2D eigenvalue weighted by atomic mass is 10.1. The molecule has 1 rings (SSSR count). The average molecular weight is 315 g/mol. The molecule has 16 heavy (non-hydrogen) atoms. The highest BCUT2D eigenvalue weighted by Crippen LogP contribution is 2.32. The van der Waals surface area contributed by atoms with Crippen LogP contribution in [0.3, 0.4) is 0 Å². The van der Waals surface area contributed by atoms with Crippen LogP contribution < -0.4 is 0 Å². The van der Waals surface area contributed by atoms with Crippen molar-refractivity contribution >= 4 is 38.6 Å². The Morgan fingerprint density at radius 1 is 1.62 bits per heavy atom. The Balaban J connectivity index is 3.52. The van der Waals surface area contributed by atoms with Gasteiger partial charge >= 0.3 is 5.82 Å². The van der Waals surface area contributed by atoms with E-state index < -0.39 is 38.1 Å². The van der Waals surface area contributed by atoms with Crippen LogP contribution in [0.5, 0.6) is 0 Å². The maximum atomic E-state index is 12.5. The zero-order valence-electron chi connectivity index (χ0n) is 7.29. The van der Waals surface area contributed by atoms with Gasteiger partial charge in [-0.25, -0.2) is 8.78 Å². The van der Waals surface area contributed by atoms with E-state index in [2.05, 4.69) is 20.9 Å². The van der Waals surface area contributed by atoms with Crippen molar-refractivity contribution in [1.29, 1.82) is 0 Å². The first kappa shape index (κ1) is 12.9. The number of carbonyl (C=O) groups excluding carboxylic acids is 1. The lowest BCUT2D eigenvalue weighted by Crippen LogP contribution is -2.04. The van der Waals surface area contributed by atoms with Gasteiger partial charge in [0.05, 0.1) is 11.1 Å². The fraction of sp³-hybridized carbons (Fsp3) is 0.143. The Labute approximate surface area is 101 Å². The molecule has 0 spiro atoms. The molecule has 0 aromatic carbocycles. The Hall–Kier alpha value is -1.15. The van der Waals surface area contributed by atoms with E-state index in [1.807, 2.05) is 0 Å². The van der Waals surface area contributed by atoms with Crippen LogP contribution in [-0.4, -0.2) is 15.1 Å². The Kier molecular flexibility index (Phi) is 3.87. The summed E-state index contributed by atoms with van der Waals surface area (Å²) in [4.78, 5) is 23.6. The van der Waals surface area contributed by atoms with Crippen molar-refractivity contribution in [2.75, 3.05) is 0 Å². The maximum Gasteiger partial charge on any atom is 0.365 e. The van der Waals surface area contributed by atoms with Crippen molar-refractivity contribution in [2.24, 2.45) is 0 Å². The molecule has 0 saturated heterocycles. The van der Waals surface area contributed by atoms with Crippen LogP contribution in [0, 0.1) is 10.1 Å². The summed E-state index contributed by atoms with van der Waals surface area (Å²) in [5.74, 6) is -0.736. The van der Waals surface area contributed by atoms with Crippen molar-refractivity contribution < 1.29 is 18.5 Å². The zero-order valence-corrected chi connectivity index (χ0v) is 9.63. The molecule has 1 heterocycles. The Morgan fingerprint density at radius 2 is 2.19 bits per heavy atom. The molecule has 0 aliphatic rings. The molecular formula is C7H2BrClF2N2O3. The summed E-state index contributed by atoms with van der Waals surface area (Å²) < 4.78 is 24.6. The zero-order chi connectivity index (χ0) is 12.5. The molecular weight excluding hydrogens is 313 g/mol. The monoisotopic (exact) mass is 314 g/mol. The minimum atomic E-state index is -3.01. The maximum absolute atomic E-state index is 12.5. The SMILES string of the molecule is O=C(Cl)c1cc([N+](=O)[O-])nc(Br)c1C(F)F. The third kappa shape index (κ3) is 2.50. The fourth-order valence-electron chi connectivity index (χ4n) is 0.975. The number of hydrogen-bond acceptors (Lipinski definition) is 4. The van der Waals surface area contributed by atoms with Crippen LogP contribution in [0.15, 0.2) is 10.7 Å². The molecule has 0 amide bonds. The van der Waals surface area contributed by atoms with Gasteiger partial charge in [0, 0.05) is 22.0 Å². The van der Waals surface area contributed by atoms with Gasteiger partial charge in [0.15, 0.2) is 0 Å². The van der Waals surface area contributed by atoms with E-state index in [0.717, 1.165) is 0 Å². The summed E-state index contributed by atoms with van der Waals surface area (Å²) in [5.41, 5.74) is -1.39. The minimum absolute atomic E-state index is 0.472. The van der Waals surface area contributed by atoms with E-state index in [9.17, 15) is 23.7 Å². The summed E-state index contributed by atoms with van der Waals surface area (Å²) in [6.07, 6.45) is -3.01. The highest BCUT2D eigenvalue weighted by atomic mass is 79.9. The lowest BCUT2D eigenvalue weighted by molar-refractivity contribution is -0.389. The first-order chi connectivity index (χ1) is 7.34. The van der Waals surface area contributed by atoms with E-state index in [1.54, 1.807) is 0 Å². The normalized spacial score (nSPS) is 10.6. The first-order valence-corrected chi connectivity index (χ1v) is 4.84. The Morgan fingerprint density at radius 3 is 2.56 bits per heavy atom. The van der Waals surface area contributed by atoms with Gasteiger partial charge in [-0.2, -0.15) is 0 Å². The summed E-state index contributed by atoms with van der Waals surface area (Å²) in [7, 11) is 0. The van der Waals surface area contributed by atoms with Gasteiger partial charge in [-0.15, -0.1) is 0 Å². The van der Waals surface area contributed by atoms with Crippen LogP contribution in [0.1, 0.15) is 22.3 Å². The third-order valence-electron chi connectivity index (χ3n) is 1.62. The second-order valence-corrected chi connectivity index (χ2v) is 3.66. The first-order valence-electron chi connectivity index (χ1n) is 3.67. The lowest BCUT2D eigenvalue weighted by Gasteiger charge is -2.04. The summed E-state index contributed by atoms with van der Waals surface area (Å²) in [6.45, 7) is 0. The van der Waals surface area contributed by atoms with Gasteiger partial charge in [-0.1, -0.05) is 0 Å². The second-order valence-electron chi connectivity index (χ2n) is 2.56. The quantitative estimate of drug-likeness (QED) is 0.372. The van der Waals surface area contributed by atoms with Crippen LogP contribution in [-0.2, 0) is 0 Å². The van der Waals surface area contributed by atoms with E-state index >= 15 is 0 Å². The molecule has 0 fully saturated rings. The van der Waals surface area contributed by atoms with Crippen LogP contribution in [0.2, 0.25) is 0 Å². The van der Waals surface area contributed by atoms with E-state index in [4.69, 9.17) is 11.6 Å². The number of alkyl halides is 2. The van der Waals surface area contributed by atoms with Crippen LogP contribution in [0.25, 0.3) is 0 Å². The Bertz CT molecular complexity index is 469. The van der Waals surface area contributed by atoms with Gasteiger partial charge in [0.1, 0.15) is 0 Å². The molecule has 5 nitrogen and oxygen atoms in total. The number of hydrogen-bond donors (Lipinski definition) is 0. The van der Waals surface area contributed by atoms with E-state index in [0.29, 0.717) is 6.07 Å². The van der Waals surface area contributed by atoms with Crippen LogP contribution in [0.4, 0.5) is 14.6 Å². The van der Waals surface area contributed by atoms with Gasteiger partial charge in [0.2, 0.25) is 4.60 Å². The van der Waals surface area contributed by atoms with E-state index in [-0.39, 0.29) is 0 Å². The predicted molar refractivity (Wildman–Crippen MR) is 53.7 cm³/mol. The number of aromatic nitrogens is 1. The van der Waals surface area contributed by atoms with Crippen molar-refractivity contribution in [3.63, 3.8) is 0 Å². The smallest absolute Gasteiger partial charge is 0.358 e. The molecule has 0 radical (unpaired) electrons. The molecule has 9 heteroatoms. The summed E-state index contributed by atoms with van der Waals surface area (Å²) in [5, 5.41) is 9.18. The molecule has 86 valence electrons. The number of halogens is 4. The number of nitro groups is 1. The number of rotatable bonds is 3. The van der Waals surface area contributed by atoms with Gasteiger partial charge in [-0.05, 0) is 21.5 Å². The molecule has 0 atom stereocenters. The predicted octanol–water partition coefficient (Wildman–Crippen LogP) is 3.07. The number of pyridine rings is 1. The second kappa shape index (κ2) is 4.79. The van der Waals surface area contributed by atoms with Gasteiger partial charge in [0.25, 0.3) is 11.7 Å². The highest BCUT2D eigenvalue weighted by Gasteiger charge is 2.27. The van der Waals surface area contributed by atoms with Crippen molar-refractivity contribution in [3.05, 3.63) is 31.9 Å². The third-order valence-corrected chi connectivity index (χ3v) is 2.42. The fourth-order valence-corrected chi connectivity index (χ4v) is 1.70. The summed E-state index contributed by atoms with van der Waals surface area (Å²) >= 11 is 7.69. The molecule has 1 aromatic rings. The van der Waals surface area contributed by atoms with Crippen molar-refractivity contribution in [1.82, 2.24) is 4.98 Å². The number of carbonyl (C=O) groups is 1. The molecule has 0 aliphatic carbocycles. The van der Waals surface area contributed by atoms with E-state index in [1.165, 1.54) is 0 Å². The van der Waals surface area contributed by atoms with Crippen molar-refractivity contribution in [3.8, 4) is 0 Å². The molecule has 0 N–H and O–H groups in total. The average Bonchev–Trinajstić information content (AvgIpc) is 2.15. The largest absolute Gasteiger partial charge is 0.365 e. The highest BCUT2D eigenvalue weighted by molar-refractivity contribution is 9.10. The van der Waals surface area contributed by atoms with Crippen molar-refractivity contribution in [2.45, 2.75) is 6.43 Å². The molecule has 0 unspecified atom stereocenters. The topological polar surface area (TPSA) is 73.1 Å². The minimum Gasteiger partial charge on any atom is -0.358 e. The molecule has 1 aromatic heterocycles. The van der Waals surface area contributed by atoms with Gasteiger partial charge in [-0.3, -0.25) is 4.79 Å². The molecule has 0 saturated carbocycles. The number of nitrogens with zero attached hydrogens (tertiary/aromatic N) is 2. The van der Waals surface area contributed by atoms with Crippen LogP contribution >= 0.6 is 27.5 Å². The molecule has 0 bridgehead atoms. The summed E-state index contributed by atoms with van der Waals surface area (Å²) in [6, 6.07) is 0.613. The molecule has 0 aliphatic heterocycles. The standard InChI is InChI=1S/C7H2BrClF2N2O3/c8-5-4(7(10)11)2(6(9)14)1-3(12-5)13(15)16/h1,7H.